The molecule has 0 atom stereocenters. The summed E-state index contributed by atoms with van der Waals surface area (Å²) in [4.78, 5) is 23.9. The Morgan fingerprint density at radius 3 is 2.54 bits per heavy atom. The number of hydrogen-bond acceptors (Lipinski definition) is 7. The number of fused-ring (bicyclic) bond motifs is 1. The van der Waals surface area contributed by atoms with Crippen LogP contribution in [0.5, 0.6) is 5.88 Å². The summed E-state index contributed by atoms with van der Waals surface area (Å²) in [6, 6.07) is 7.18. The molecule has 1 aliphatic heterocycles. The Morgan fingerprint density at radius 1 is 1.10 bits per heavy atom. The Bertz CT molecular complexity index is 1570. The average molecular weight is 553 g/mol. The quantitative estimate of drug-likeness (QED) is 0.344. The molecule has 2 aliphatic rings. The first kappa shape index (κ1) is 25.2. The van der Waals surface area contributed by atoms with Crippen LogP contribution in [0.2, 0.25) is 0 Å². The van der Waals surface area contributed by atoms with Gasteiger partial charge < -0.3 is 14.6 Å². The van der Waals surface area contributed by atoms with Crippen molar-refractivity contribution >= 4 is 23.1 Å². The number of hydrogen-bond donors (Lipinski definition) is 1. The monoisotopic (exact) mass is 552 g/mol. The number of ether oxygens (including phenoxy) is 1. The molecular weight excluding hydrogens is 529 g/mol. The van der Waals surface area contributed by atoms with E-state index in [1.54, 1.807) is 32.5 Å². The molecule has 0 radical (unpaired) electrons. The lowest BCUT2D eigenvalue weighted by molar-refractivity contribution is -0.140. The van der Waals surface area contributed by atoms with Gasteiger partial charge in [-0.25, -0.2) is 24.9 Å². The van der Waals surface area contributed by atoms with Gasteiger partial charge >= 0.3 is 6.18 Å². The molecule has 3 aromatic heterocycles. The number of methoxy groups -OCH3 is 1. The lowest BCUT2D eigenvalue weighted by Crippen LogP contribution is -2.44. The van der Waals surface area contributed by atoms with Gasteiger partial charge in [0.2, 0.25) is 5.88 Å². The van der Waals surface area contributed by atoms with Crippen molar-refractivity contribution in [2.24, 2.45) is 7.05 Å². The summed E-state index contributed by atoms with van der Waals surface area (Å²) in [6.45, 7) is 0.879. The van der Waals surface area contributed by atoms with Crippen LogP contribution >= 0.6 is 12.2 Å². The number of benzene rings is 1. The van der Waals surface area contributed by atoms with Crippen LogP contribution in [0.25, 0.3) is 22.8 Å². The molecule has 0 spiro atoms. The van der Waals surface area contributed by atoms with Gasteiger partial charge in [0.15, 0.2) is 16.6 Å². The van der Waals surface area contributed by atoms with E-state index < -0.39 is 11.9 Å². The van der Waals surface area contributed by atoms with Crippen molar-refractivity contribution in [3.05, 3.63) is 65.5 Å². The molecule has 0 saturated heterocycles. The summed E-state index contributed by atoms with van der Waals surface area (Å²) in [5.41, 5.74) is 2.98. The molecule has 200 valence electrons. The molecule has 4 aromatic rings. The molecule has 1 fully saturated rings. The lowest BCUT2D eigenvalue weighted by atomic mass is 10.1. The third kappa shape index (κ3) is 4.78. The third-order valence-electron chi connectivity index (χ3n) is 6.72. The van der Waals surface area contributed by atoms with Crippen molar-refractivity contribution in [3.8, 4) is 28.7 Å². The van der Waals surface area contributed by atoms with Gasteiger partial charge in [-0.1, -0.05) is 24.3 Å². The van der Waals surface area contributed by atoms with E-state index in [-0.39, 0.29) is 5.82 Å². The standard InChI is InChI=1S/C26H23F3N8OS/c1-36-12-18(26(27,28)29)34-22(36)16-5-3-14(4-6-16)11-37-23-17(10-31-25(37)39)9-30-21(35-23)19-20(15-7-8-15)32-13-33-24(19)38-2/h3-6,9,12-13,15H,7-8,10-11H2,1-2H3,(H,31,39). The Morgan fingerprint density at radius 2 is 1.87 bits per heavy atom. The fraction of sp³-hybridized carbons (Fsp3) is 0.308. The van der Waals surface area contributed by atoms with Gasteiger partial charge in [-0.3, -0.25) is 4.90 Å². The molecule has 0 bridgehead atoms. The first-order valence-corrected chi connectivity index (χ1v) is 12.6. The second kappa shape index (κ2) is 9.56. The zero-order chi connectivity index (χ0) is 27.3. The van der Waals surface area contributed by atoms with Crippen LogP contribution in [0.4, 0.5) is 19.0 Å². The molecule has 1 aliphatic carbocycles. The molecule has 4 heterocycles. The maximum Gasteiger partial charge on any atom is 0.434 e. The number of aromatic nitrogens is 6. The number of alkyl halides is 3. The number of nitrogens with one attached hydrogen (secondary N) is 1. The summed E-state index contributed by atoms with van der Waals surface area (Å²) in [7, 11) is 3.10. The van der Waals surface area contributed by atoms with Crippen LogP contribution in [0.15, 0.2) is 43.0 Å². The van der Waals surface area contributed by atoms with Crippen molar-refractivity contribution in [3.63, 3.8) is 0 Å². The fourth-order valence-corrected chi connectivity index (χ4v) is 4.84. The van der Waals surface area contributed by atoms with Crippen molar-refractivity contribution < 1.29 is 17.9 Å². The Labute approximate surface area is 227 Å². The van der Waals surface area contributed by atoms with Crippen LogP contribution in [0.3, 0.4) is 0 Å². The number of thiocarbonyl (C=S) groups is 1. The van der Waals surface area contributed by atoms with Crippen LogP contribution in [0, 0.1) is 0 Å². The summed E-state index contributed by atoms with van der Waals surface area (Å²) in [6.07, 6.45) is 1.84. The Kier molecular flexibility index (Phi) is 6.17. The predicted molar refractivity (Wildman–Crippen MR) is 141 cm³/mol. The highest BCUT2D eigenvalue weighted by atomic mass is 32.1. The molecule has 1 saturated carbocycles. The van der Waals surface area contributed by atoms with Gasteiger partial charge in [-0.15, -0.1) is 0 Å². The molecule has 13 heteroatoms. The van der Waals surface area contributed by atoms with Gasteiger partial charge in [0.25, 0.3) is 0 Å². The summed E-state index contributed by atoms with van der Waals surface area (Å²) >= 11 is 5.63. The highest BCUT2D eigenvalue weighted by molar-refractivity contribution is 7.80. The molecule has 1 N–H and O–H groups in total. The molecule has 0 amide bonds. The predicted octanol–water partition coefficient (Wildman–Crippen LogP) is 4.63. The van der Waals surface area contributed by atoms with E-state index in [1.165, 1.54) is 10.9 Å². The topological polar surface area (TPSA) is 93.9 Å². The van der Waals surface area contributed by atoms with Crippen molar-refractivity contribution in [1.82, 2.24) is 34.8 Å². The normalized spacial score (nSPS) is 15.2. The van der Waals surface area contributed by atoms with Gasteiger partial charge in [-0.2, -0.15) is 13.2 Å². The van der Waals surface area contributed by atoms with E-state index >= 15 is 0 Å². The van der Waals surface area contributed by atoms with E-state index in [0.717, 1.165) is 35.9 Å². The SMILES string of the molecule is COc1ncnc(C2CC2)c1-c1ncc2c(n1)N(Cc1ccc(-c3nc(C(F)(F)F)cn3C)cc1)C(=S)NC2. The first-order valence-electron chi connectivity index (χ1n) is 12.2. The van der Waals surface area contributed by atoms with E-state index in [4.69, 9.17) is 21.9 Å². The molecule has 6 rings (SSSR count). The Hall–Kier alpha value is -4.13. The van der Waals surface area contributed by atoms with Crippen LogP contribution in [-0.2, 0) is 26.3 Å². The van der Waals surface area contributed by atoms with Gasteiger partial charge in [0.1, 0.15) is 23.5 Å². The molecule has 0 unspecified atom stereocenters. The minimum Gasteiger partial charge on any atom is -0.480 e. The lowest BCUT2D eigenvalue weighted by Gasteiger charge is -2.31. The molecular formula is C26H23F3N8OS. The zero-order valence-corrected chi connectivity index (χ0v) is 21.8. The third-order valence-corrected chi connectivity index (χ3v) is 7.08. The summed E-state index contributed by atoms with van der Waals surface area (Å²) in [5.74, 6) is 2.12. The van der Waals surface area contributed by atoms with E-state index in [0.29, 0.717) is 52.8 Å². The highest BCUT2D eigenvalue weighted by Crippen LogP contribution is 2.45. The van der Waals surface area contributed by atoms with Gasteiger partial charge in [0.05, 0.1) is 19.3 Å². The highest BCUT2D eigenvalue weighted by Gasteiger charge is 2.35. The van der Waals surface area contributed by atoms with Gasteiger partial charge in [-0.05, 0) is 30.6 Å². The van der Waals surface area contributed by atoms with E-state index in [2.05, 4.69) is 25.3 Å². The van der Waals surface area contributed by atoms with Crippen molar-refractivity contribution in [2.75, 3.05) is 12.0 Å². The van der Waals surface area contributed by atoms with E-state index in [9.17, 15) is 13.2 Å². The maximum atomic E-state index is 13.1. The number of nitrogens with zero attached hydrogens (tertiary/aromatic N) is 7. The Balaban J connectivity index is 1.31. The number of rotatable bonds is 6. The van der Waals surface area contributed by atoms with Crippen molar-refractivity contribution in [2.45, 2.75) is 38.0 Å². The van der Waals surface area contributed by atoms with Crippen LogP contribution in [0.1, 0.15) is 41.3 Å². The van der Waals surface area contributed by atoms with E-state index in [1.807, 2.05) is 17.0 Å². The number of halogens is 3. The maximum absolute atomic E-state index is 13.1. The average Bonchev–Trinajstić information content (AvgIpc) is 3.70. The number of anilines is 1. The molecule has 39 heavy (non-hydrogen) atoms. The second-order valence-electron chi connectivity index (χ2n) is 9.46. The van der Waals surface area contributed by atoms with Crippen molar-refractivity contribution in [1.29, 1.82) is 0 Å². The minimum absolute atomic E-state index is 0.234. The second-order valence-corrected chi connectivity index (χ2v) is 9.85. The zero-order valence-electron chi connectivity index (χ0n) is 21.0. The van der Waals surface area contributed by atoms with Crippen LogP contribution < -0.4 is 15.0 Å². The largest absolute Gasteiger partial charge is 0.480 e. The summed E-state index contributed by atoms with van der Waals surface area (Å²) < 4.78 is 46.2. The smallest absolute Gasteiger partial charge is 0.434 e. The fourth-order valence-electron chi connectivity index (χ4n) is 4.61. The minimum atomic E-state index is -4.50. The number of aryl methyl sites for hydroxylation is 1. The summed E-state index contributed by atoms with van der Waals surface area (Å²) in [5, 5.41) is 3.71. The molecule has 1 aromatic carbocycles. The number of imidazole rings is 1. The van der Waals surface area contributed by atoms with Crippen LogP contribution in [-0.4, -0.2) is 41.7 Å². The first-order chi connectivity index (χ1) is 18.7. The van der Waals surface area contributed by atoms with Gasteiger partial charge in [0, 0.05) is 43.0 Å². The molecule has 9 nitrogen and oxygen atoms in total.